The molecule has 0 aromatic rings. The van der Waals surface area contributed by atoms with Gasteiger partial charge in [0.2, 0.25) is 0 Å². The number of thioether (sulfide) groups is 1. The zero-order valence-electron chi connectivity index (χ0n) is 16.9. The van der Waals surface area contributed by atoms with Crippen molar-refractivity contribution in [3.05, 3.63) is 0 Å². The predicted molar refractivity (Wildman–Crippen MR) is 112 cm³/mol. The normalized spacial score (nSPS) is 12.7. The first kappa shape index (κ1) is 25.4. The molecule has 0 N–H and O–H groups in total. The van der Waals surface area contributed by atoms with E-state index in [0.29, 0.717) is 6.04 Å². The van der Waals surface area contributed by atoms with Crippen LogP contribution in [0.2, 0.25) is 25.2 Å². The van der Waals surface area contributed by atoms with Gasteiger partial charge in [0.05, 0.1) is 0 Å². The highest BCUT2D eigenvalue weighted by atomic mass is 32.2. The highest BCUT2D eigenvalue weighted by molar-refractivity contribution is 7.99. The Hall–Kier alpha value is 0.357. The third-order valence-corrected chi connectivity index (χ3v) is 9.41. The molecule has 0 bridgehead atoms. The van der Waals surface area contributed by atoms with Crippen LogP contribution in [0, 0.1) is 0 Å². The molecule has 0 aliphatic rings. The Morgan fingerprint density at radius 2 is 1.16 bits per heavy atom. The molecule has 0 aromatic carbocycles. The Balaban J connectivity index is 3.30. The van der Waals surface area contributed by atoms with Crippen LogP contribution in [0.4, 0.5) is 13.2 Å². The molecule has 0 nitrogen and oxygen atoms in total. The third-order valence-electron chi connectivity index (χ3n) is 4.83. The van der Waals surface area contributed by atoms with E-state index in [9.17, 15) is 13.2 Å². The van der Waals surface area contributed by atoms with Gasteiger partial charge < -0.3 is 0 Å². The summed E-state index contributed by atoms with van der Waals surface area (Å²) in [6.45, 7) is 6.46. The summed E-state index contributed by atoms with van der Waals surface area (Å²) < 4.78 is 36.9. The van der Waals surface area contributed by atoms with E-state index < -0.39 is 20.7 Å². The summed E-state index contributed by atoms with van der Waals surface area (Å²) in [5.74, 6) is 2.64. The first-order valence-corrected chi connectivity index (χ1v) is 15.0. The van der Waals surface area contributed by atoms with E-state index >= 15 is 0 Å². The molecule has 0 rings (SSSR count). The molecule has 0 spiro atoms. The van der Waals surface area contributed by atoms with Gasteiger partial charge in [-0.25, -0.2) is 0 Å². The van der Waals surface area contributed by atoms with Crippen LogP contribution in [0.1, 0.15) is 84.0 Å². The molecule has 152 valence electrons. The quantitative estimate of drug-likeness (QED) is 0.174. The molecule has 25 heavy (non-hydrogen) atoms. The van der Waals surface area contributed by atoms with Gasteiger partial charge >= 0.3 is 6.18 Å². The summed E-state index contributed by atoms with van der Waals surface area (Å²) in [5.41, 5.74) is 0. The molecule has 0 fully saturated rings. The lowest BCUT2D eigenvalue weighted by molar-refractivity contribution is -0.130. The molecule has 0 aliphatic carbocycles. The highest BCUT2D eigenvalue weighted by Gasteiger charge is 2.31. The second kappa shape index (κ2) is 15.4. The second-order valence-electron chi connectivity index (χ2n) is 8.18. The predicted octanol–water partition coefficient (Wildman–Crippen LogP) is 8.69. The fourth-order valence-corrected chi connectivity index (χ4v) is 6.39. The summed E-state index contributed by atoms with van der Waals surface area (Å²) >= 11 is 2.09. The van der Waals surface area contributed by atoms with Crippen LogP contribution in [0.15, 0.2) is 0 Å². The van der Waals surface area contributed by atoms with Crippen molar-refractivity contribution in [2.24, 2.45) is 0 Å². The lowest BCUT2D eigenvalue weighted by atomic mass is 10.1. The molecule has 0 radical (unpaired) electrons. The van der Waals surface area contributed by atoms with Crippen molar-refractivity contribution in [1.82, 2.24) is 0 Å². The maximum absolute atomic E-state index is 12.3. The standard InChI is InChI=1S/C20H41F3SSi/c1-4-16-24-17-13-11-9-7-5-6-8-10-12-14-18-25(2,3)19-15-20(21,22)23/h4-19H2,1-3H3. The first-order valence-electron chi connectivity index (χ1n) is 10.4. The Morgan fingerprint density at radius 3 is 1.64 bits per heavy atom. The van der Waals surface area contributed by atoms with Gasteiger partial charge in [0.25, 0.3) is 0 Å². The van der Waals surface area contributed by atoms with Gasteiger partial charge in [0.15, 0.2) is 0 Å². The number of hydrogen-bond acceptors (Lipinski definition) is 1. The third kappa shape index (κ3) is 20.5. The minimum absolute atomic E-state index is 0.396. The topological polar surface area (TPSA) is 0 Å². The molecule has 5 heteroatoms. The molecule has 0 atom stereocenters. The van der Waals surface area contributed by atoms with Crippen LogP contribution in [-0.4, -0.2) is 25.8 Å². The summed E-state index contributed by atoms with van der Waals surface area (Å²) in [6, 6.07) is 1.45. The minimum atomic E-state index is -3.97. The largest absolute Gasteiger partial charge is 0.388 e. The van der Waals surface area contributed by atoms with Crippen LogP contribution >= 0.6 is 11.8 Å². The zero-order chi connectivity index (χ0) is 19.0. The number of alkyl halides is 3. The van der Waals surface area contributed by atoms with E-state index in [-0.39, 0.29) is 0 Å². The van der Waals surface area contributed by atoms with E-state index in [2.05, 4.69) is 31.8 Å². The highest BCUT2D eigenvalue weighted by Crippen LogP contribution is 2.29. The first-order chi connectivity index (χ1) is 11.8. The van der Waals surface area contributed by atoms with Gasteiger partial charge in [-0.2, -0.15) is 24.9 Å². The Morgan fingerprint density at radius 1 is 0.680 bits per heavy atom. The van der Waals surface area contributed by atoms with E-state index in [4.69, 9.17) is 0 Å². The summed E-state index contributed by atoms with van der Waals surface area (Å²) in [7, 11) is -1.64. The SMILES string of the molecule is CCCSCCCCCCCCCCCC[Si](C)(C)CCC(F)(F)F. The minimum Gasteiger partial charge on any atom is -0.171 e. The van der Waals surface area contributed by atoms with Gasteiger partial charge in [-0.05, 0) is 30.4 Å². The molecule has 0 saturated carbocycles. The Bertz CT molecular complexity index is 293. The number of halogens is 3. The van der Waals surface area contributed by atoms with Crippen LogP contribution in [0.25, 0.3) is 0 Å². The maximum Gasteiger partial charge on any atom is 0.388 e. The van der Waals surface area contributed by atoms with Crippen molar-refractivity contribution in [2.45, 2.75) is 115 Å². The van der Waals surface area contributed by atoms with E-state index in [1.54, 1.807) is 0 Å². The van der Waals surface area contributed by atoms with Crippen molar-refractivity contribution < 1.29 is 13.2 Å². The monoisotopic (exact) mass is 398 g/mol. The molecule has 0 aliphatic heterocycles. The molecule has 0 saturated heterocycles. The Kier molecular flexibility index (Phi) is 15.6. The zero-order valence-corrected chi connectivity index (χ0v) is 18.7. The van der Waals surface area contributed by atoms with Crippen molar-refractivity contribution in [2.75, 3.05) is 11.5 Å². The van der Waals surface area contributed by atoms with Crippen LogP contribution in [0.3, 0.4) is 0 Å². The van der Waals surface area contributed by atoms with E-state index in [1.807, 2.05) is 0 Å². The van der Waals surface area contributed by atoms with Gasteiger partial charge in [0, 0.05) is 14.5 Å². The van der Waals surface area contributed by atoms with Gasteiger partial charge in [-0.15, -0.1) is 0 Å². The fourth-order valence-electron chi connectivity index (χ4n) is 3.07. The molecular weight excluding hydrogens is 357 g/mol. The summed E-state index contributed by atoms with van der Waals surface area (Å²) in [6.07, 6.45) is 9.83. The van der Waals surface area contributed by atoms with E-state index in [0.717, 1.165) is 12.5 Å². The number of rotatable bonds is 17. The van der Waals surface area contributed by atoms with Crippen LogP contribution in [-0.2, 0) is 0 Å². The summed E-state index contributed by atoms with van der Waals surface area (Å²) in [5, 5.41) is 0. The lowest BCUT2D eigenvalue weighted by Gasteiger charge is -2.23. The summed E-state index contributed by atoms with van der Waals surface area (Å²) in [4.78, 5) is 0. The number of unbranched alkanes of at least 4 members (excludes halogenated alkanes) is 9. The molecule has 0 heterocycles. The smallest absolute Gasteiger partial charge is 0.171 e. The Labute approximate surface area is 160 Å². The van der Waals surface area contributed by atoms with Crippen LogP contribution < -0.4 is 0 Å². The number of hydrogen-bond donors (Lipinski definition) is 0. The van der Waals surface area contributed by atoms with Crippen molar-refractivity contribution in [3.63, 3.8) is 0 Å². The average molecular weight is 399 g/mol. The van der Waals surface area contributed by atoms with Crippen LogP contribution in [0.5, 0.6) is 0 Å². The molecule has 0 aromatic heterocycles. The van der Waals surface area contributed by atoms with Crippen molar-refractivity contribution >= 4 is 19.8 Å². The van der Waals surface area contributed by atoms with Crippen molar-refractivity contribution in [1.29, 1.82) is 0 Å². The molecular formula is C20H41F3SSi. The van der Waals surface area contributed by atoms with Crippen molar-refractivity contribution in [3.8, 4) is 0 Å². The van der Waals surface area contributed by atoms with E-state index in [1.165, 1.54) is 75.7 Å². The van der Waals surface area contributed by atoms with Gasteiger partial charge in [-0.1, -0.05) is 83.8 Å². The van der Waals surface area contributed by atoms with Gasteiger partial charge in [-0.3, -0.25) is 0 Å². The lowest BCUT2D eigenvalue weighted by Crippen LogP contribution is -2.27. The fraction of sp³-hybridized carbons (Fsp3) is 1.00. The van der Waals surface area contributed by atoms with Gasteiger partial charge in [0.1, 0.15) is 0 Å². The molecule has 0 amide bonds. The second-order valence-corrected chi connectivity index (χ2v) is 14.7. The average Bonchev–Trinajstić information content (AvgIpc) is 2.53. The maximum atomic E-state index is 12.3. The molecule has 0 unspecified atom stereocenters.